The Morgan fingerprint density at radius 3 is 2.82 bits per heavy atom. The summed E-state index contributed by atoms with van der Waals surface area (Å²) in [6.07, 6.45) is 4.28. The lowest BCUT2D eigenvalue weighted by Gasteiger charge is -2.13. The largest absolute Gasteiger partial charge is 0.469 e. The molecular formula is C21H24N4O2S. The molecule has 1 amide bonds. The Morgan fingerprint density at radius 2 is 2.14 bits per heavy atom. The Labute approximate surface area is 169 Å². The molecule has 0 aliphatic heterocycles. The molecule has 28 heavy (non-hydrogen) atoms. The van der Waals surface area contributed by atoms with E-state index in [0.717, 1.165) is 34.6 Å². The molecular weight excluding hydrogens is 372 g/mol. The van der Waals surface area contributed by atoms with E-state index in [-0.39, 0.29) is 11.7 Å². The van der Waals surface area contributed by atoms with Gasteiger partial charge in [0.15, 0.2) is 11.0 Å². The van der Waals surface area contributed by atoms with Gasteiger partial charge in [-0.1, -0.05) is 43.0 Å². The topological polar surface area (TPSA) is 73.0 Å². The lowest BCUT2D eigenvalue weighted by molar-refractivity contribution is -0.113. The lowest BCUT2D eigenvalue weighted by Crippen LogP contribution is -2.16. The zero-order valence-corrected chi connectivity index (χ0v) is 17.2. The number of hydrogen-bond acceptors (Lipinski definition) is 5. The Bertz CT molecular complexity index is 990. The molecule has 146 valence electrons. The molecule has 7 heteroatoms. The molecule has 0 saturated heterocycles. The second-order valence-corrected chi connectivity index (χ2v) is 7.34. The van der Waals surface area contributed by atoms with Crippen LogP contribution in [0.25, 0.3) is 11.4 Å². The highest BCUT2D eigenvalue weighted by Gasteiger charge is 2.18. The van der Waals surface area contributed by atoms with Gasteiger partial charge < -0.3 is 9.73 Å². The zero-order valence-electron chi connectivity index (χ0n) is 16.4. The summed E-state index contributed by atoms with van der Waals surface area (Å²) in [7, 11) is 0. The summed E-state index contributed by atoms with van der Waals surface area (Å²) in [4.78, 5) is 12.5. The number of aromatic nitrogens is 3. The molecule has 0 fully saturated rings. The number of furan rings is 1. The maximum absolute atomic E-state index is 12.5. The van der Waals surface area contributed by atoms with Gasteiger partial charge in [-0.3, -0.25) is 9.36 Å². The summed E-state index contributed by atoms with van der Waals surface area (Å²) >= 11 is 1.36. The molecule has 1 N–H and O–H groups in total. The Kier molecular flexibility index (Phi) is 6.36. The molecule has 2 aromatic heterocycles. The summed E-state index contributed by atoms with van der Waals surface area (Å²) in [5, 5.41) is 12.3. The minimum Gasteiger partial charge on any atom is -0.469 e. The smallest absolute Gasteiger partial charge is 0.234 e. The number of nitrogens with one attached hydrogen (secondary N) is 1. The number of nitrogens with zero attached hydrogens (tertiary/aromatic N) is 3. The van der Waals surface area contributed by atoms with Gasteiger partial charge in [0.25, 0.3) is 0 Å². The van der Waals surface area contributed by atoms with Crippen molar-refractivity contribution in [2.45, 2.75) is 38.9 Å². The third-order valence-electron chi connectivity index (χ3n) is 4.47. The van der Waals surface area contributed by atoms with E-state index in [4.69, 9.17) is 4.42 Å². The van der Waals surface area contributed by atoms with Crippen molar-refractivity contribution in [1.82, 2.24) is 14.8 Å². The summed E-state index contributed by atoms with van der Waals surface area (Å²) in [6, 6.07) is 7.92. The number of aryl methyl sites for hydroxylation is 3. The molecule has 3 rings (SSSR count). The van der Waals surface area contributed by atoms with Crippen molar-refractivity contribution in [3.05, 3.63) is 60.1 Å². The average molecular weight is 397 g/mol. The highest BCUT2D eigenvalue weighted by molar-refractivity contribution is 7.99. The van der Waals surface area contributed by atoms with Crippen LogP contribution in [0.3, 0.4) is 0 Å². The Hall–Kier alpha value is -2.80. The number of rotatable bonds is 8. The molecule has 0 aliphatic carbocycles. The van der Waals surface area contributed by atoms with E-state index in [0.29, 0.717) is 17.5 Å². The number of thioether (sulfide) groups is 1. The highest BCUT2D eigenvalue weighted by atomic mass is 32.2. The predicted octanol–water partition coefficient (Wildman–Crippen LogP) is 4.63. The third kappa shape index (κ3) is 4.20. The van der Waals surface area contributed by atoms with Crippen LogP contribution in [0.15, 0.2) is 52.8 Å². The van der Waals surface area contributed by atoms with Crippen molar-refractivity contribution >= 4 is 23.4 Å². The van der Waals surface area contributed by atoms with Crippen LogP contribution in [-0.4, -0.2) is 26.4 Å². The summed E-state index contributed by atoms with van der Waals surface area (Å²) in [5.74, 6) is 1.67. The lowest BCUT2D eigenvalue weighted by atomic mass is 10.1. The first-order valence-corrected chi connectivity index (χ1v) is 10.1. The number of benzene rings is 1. The fourth-order valence-electron chi connectivity index (χ4n) is 3.01. The average Bonchev–Trinajstić information content (AvgIpc) is 3.27. The number of carbonyl (C=O) groups excluding carboxylic acids is 1. The minimum atomic E-state index is -0.0665. The highest BCUT2D eigenvalue weighted by Crippen LogP contribution is 2.27. The Morgan fingerprint density at radius 1 is 1.32 bits per heavy atom. The zero-order chi connectivity index (χ0) is 20.1. The van der Waals surface area contributed by atoms with Gasteiger partial charge in [0.05, 0.1) is 17.6 Å². The number of anilines is 1. The number of amides is 1. The van der Waals surface area contributed by atoms with Crippen molar-refractivity contribution in [3.8, 4) is 11.4 Å². The predicted molar refractivity (Wildman–Crippen MR) is 113 cm³/mol. The van der Waals surface area contributed by atoms with Gasteiger partial charge in [-0.2, -0.15) is 0 Å². The van der Waals surface area contributed by atoms with E-state index in [1.807, 2.05) is 42.7 Å². The first-order valence-electron chi connectivity index (χ1n) is 9.14. The molecule has 0 radical (unpaired) electrons. The van der Waals surface area contributed by atoms with Gasteiger partial charge >= 0.3 is 0 Å². The van der Waals surface area contributed by atoms with Crippen molar-refractivity contribution in [1.29, 1.82) is 0 Å². The van der Waals surface area contributed by atoms with Crippen LogP contribution in [0.1, 0.15) is 23.8 Å². The van der Waals surface area contributed by atoms with Crippen molar-refractivity contribution < 1.29 is 9.21 Å². The van der Waals surface area contributed by atoms with E-state index in [2.05, 4.69) is 29.0 Å². The van der Waals surface area contributed by atoms with Crippen LogP contribution in [-0.2, 0) is 17.8 Å². The first kappa shape index (κ1) is 19.9. The van der Waals surface area contributed by atoms with Crippen LogP contribution >= 0.6 is 11.8 Å². The van der Waals surface area contributed by atoms with Crippen LogP contribution in [0.5, 0.6) is 0 Å². The number of para-hydroxylation sites is 1. The van der Waals surface area contributed by atoms with Gasteiger partial charge in [-0.05, 0) is 37.5 Å². The number of carbonyl (C=O) groups is 1. The van der Waals surface area contributed by atoms with E-state index < -0.39 is 0 Å². The number of hydrogen-bond donors (Lipinski definition) is 1. The van der Waals surface area contributed by atoms with Crippen LogP contribution in [0.4, 0.5) is 5.69 Å². The fourth-order valence-corrected chi connectivity index (χ4v) is 3.76. The molecule has 3 aromatic rings. The van der Waals surface area contributed by atoms with Crippen LogP contribution < -0.4 is 5.32 Å². The van der Waals surface area contributed by atoms with Crippen LogP contribution in [0, 0.1) is 13.8 Å². The maximum Gasteiger partial charge on any atom is 0.234 e. The second-order valence-electron chi connectivity index (χ2n) is 6.40. The van der Waals surface area contributed by atoms with Gasteiger partial charge in [0, 0.05) is 12.2 Å². The third-order valence-corrected chi connectivity index (χ3v) is 5.43. The fraction of sp³-hybridized carbons (Fsp3) is 0.286. The molecule has 0 bridgehead atoms. The second kappa shape index (κ2) is 8.93. The van der Waals surface area contributed by atoms with E-state index in [1.54, 1.807) is 12.3 Å². The number of allylic oxidation sites excluding steroid dienone is 1. The monoisotopic (exact) mass is 396 g/mol. The van der Waals surface area contributed by atoms with Gasteiger partial charge in [0.2, 0.25) is 5.91 Å². The quantitative estimate of drug-likeness (QED) is 0.444. The first-order chi connectivity index (χ1) is 13.5. The molecule has 0 saturated carbocycles. The molecule has 0 atom stereocenters. The summed E-state index contributed by atoms with van der Waals surface area (Å²) in [6.45, 7) is 10.3. The molecule has 6 nitrogen and oxygen atoms in total. The van der Waals surface area contributed by atoms with E-state index in [1.165, 1.54) is 11.8 Å². The minimum absolute atomic E-state index is 0.0665. The maximum atomic E-state index is 12.5. The van der Waals surface area contributed by atoms with Crippen molar-refractivity contribution in [2.75, 3.05) is 11.1 Å². The van der Waals surface area contributed by atoms with Crippen molar-refractivity contribution in [2.24, 2.45) is 0 Å². The molecule has 0 unspecified atom stereocenters. The molecule has 2 heterocycles. The summed E-state index contributed by atoms with van der Waals surface area (Å²) < 4.78 is 7.32. The Balaban J connectivity index is 1.74. The van der Waals surface area contributed by atoms with Crippen molar-refractivity contribution in [3.63, 3.8) is 0 Å². The normalized spacial score (nSPS) is 10.8. The van der Waals surface area contributed by atoms with Gasteiger partial charge in [-0.15, -0.1) is 16.8 Å². The van der Waals surface area contributed by atoms with E-state index >= 15 is 0 Å². The van der Waals surface area contributed by atoms with E-state index in [9.17, 15) is 4.79 Å². The molecule has 0 aliphatic rings. The SMILES string of the molecule is C=CCn1c(SCC(=O)Nc2c(C)cccc2CC)nnc1-c1ccoc1C. The standard InChI is InChI=1S/C21H24N4O2S/c1-5-11-25-20(17-10-12-27-15(17)4)23-24-21(25)28-13-18(26)22-19-14(3)8-7-9-16(19)6-2/h5,7-10,12H,1,6,11,13H2,2-4H3,(H,22,26). The molecule has 1 aromatic carbocycles. The summed E-state index contributed by atoms with van der Waals surface area (Å²) in [5.41, 5.74) is 3.98. The van der Waals surface area contributed by atoms with Crippen LogP contribution in [0.2, 0.25) is 0 Å². The van der Waals surface area contributed by atoms with Gasteiger partial charge in [0.1, 0.15) is 5.76 Å². The van der Waals surface area contributed by atoms with Gasteiger partial charge in [-0.25, -0.2) is 0 Å². The molecule has 0 spiro atoms.